The zero-order valence-corrected chi connectivity index (χ0v) is 9.81. The van der Waals surface area contributed by atoms with Crippen LogP contribution in [0.2, 0.25) is 0 Å². The van der Waals surface area contributed by atoms with E-state index in [4.69, 9.17) is 4.74 Å². The van der Waals surface area contributed by atoms with Gasteiger partial charge in [0.1, 0.15) is 0 Å². The molecular formula is C11H25NO. The van der Waals surface area contributed by atoms with E-state index in [0.717, 1.165) is 19.6 Å². The van der Waals surface area contributed by atoms with Gasteiger partial charge in [0.2, 0.25) is 0 Å². The Kier molecular flexibility index (Phi) is 6.35. The van der Waals surface area contributed by atoms with E-state index < -0.39 is 0 Å². The molecule has 0 aromatic heterocycles. The van der Waals surface area contributed by atoms with Crippen LogP contribution in [0, 0.1) is 5.92 Å². The Morgan fingerprint density at radius 3 is 2.38 bits per heavy atom. The third-order valence-electron chi connectivity index (χ3n) is 2.01. The summed E-state index contributed by atoms with van der Waals surface area (Å²) in [4.78, 5) is 0. The average molecular weight is 187 g/mol. The summed E-state index contributed by atoms with van der Waals surface area (Å²) in [6.07, 6.45) is 2.31. The fourth-order valence-corrected chi connectivity index (χ4v) is 1.16. The van der Waals surface area contributed by atoms with Crippen LogP contribution in [-0.4, -0.2) is 25.8 Å². The largest absolute Gasteiger partial charge is 0.375 e. The van der Waals surface area contributed by atoms with Crippen molar-refractivity contribution in [1.29, 1.82) is 0 Å². The predicted molar refractivity (Wildman–Crippen MR) is 58.0 cm³/mol. The van der Waals surface area contributed by atoms with E-state index in [1.807, 2.05) is 7.05 Å². The fraction of sp³-hybridized carbons (Fsp3) is 1.00. The Labute approximate surface area is 83.1 Å². The molecule has 80 valence electrons. The van der Waals surface area contributed by atoms with Gasteiger partial charge in [-0.25, -0.2) is 0 Å². The number of hydrogen-bond donors (Lipinski definition) is 1. The standard InChI is InChI=1S/C11H25NO/c1-10(2)9-13-11(3,4)7-6-8-12-5/h10,12H,6-9H2,1-5H3. The first kappa shape index (κ1) is 12.9. The molecule has 0 saturated heterocycles. The summed E-state index contributed by atoms with van der Waals surface area (Å²) in [5.74, 6) is 0.628. The number of hydrogen-bond acceptors (Lipinski definition) is 2. The van der Waals surface area contributed by atoms with Crippen molar-refractivity contribution in [2.24, 2.45) is 5.92 Å². The van der Waals surface area contributed by atoms with E-state index in [2.05, 4.69) is 33.0 Å². The van der Waals surface area contributed by atoms with Crippen molar-refractivity contribution in [1.82, 2.24) is 5.32 Å². The maximum absolute atomic E-state index is 5.81. The zero-order chi connectivity index (χ0) is 10.3. The molecule has 0 rings (SSSR count). The highest BCUT2D eigenvalue weighted by Crippen LogP contribution is 2.17. The van der Waals surface area contributed by atoms with Gasteiger partial charge in [-0.2, -0.15) is 0 Å². The third-order valence-corrected chi connectivity index (χ3v) is 2.01. The molecule has 0 fully saturated rings. The van der Waals surface area contributed by atoms with Gasteiger partial charge in [-0.1, -0.05) is 13.8 Å². The van der Waals surface area contributed by atoms with Crippen LogP contribution in [0.25, 0.3) is 0 Å². The van der Waals surface area contributed by atoms with E-state index in [9.17, 15) is 0 Å². The molecule has 0 aliphatic carbocycles. The molecule has 0 amide bonds. The minimum Gasteiger partial charge on any atom is -0.375 e. The summed E-state index contributed by atoms with van der Waals surface area (Å²) in [6, 6.07) is 0. The van der Waals surface area contributed by atoms with Gasteiger partial charge in [0.25, 0.3) is 0 Å². The zero-order valence-electron chi connectivity index (χ0n) is 9.81. The van der Waals surface area contributed by atoms with Gasteiger partial charge >= 0.3 is 0 Å². The molecule has 0 radical (unpaired) electrons. The molecule has 0 aliphatic heterocycles. The van der Waals surface area contributed by atoms with Crippen molar-refractivity contribution in [3.8, 4) is 0 Å². The molecule has 0 heterocycles. The van der Waals surface area contributed by atoms with Crippen LogP contribution in [0.5, 0.6) is 0 Å². The number of ether oxygens (including phenoxy) is 1. The highest BCUT2D eigenvalue weighted by molar-refractivity contribution is 4.69. The van der Waals surface area contributed by atoms with E-state index in [1.54, 1.807) is 0 Å². The molecule has 2 nitrogen and oxygen atoms in total. The molecule has 13 heavy (non-hydrogen) atoms. The van der Waals surface area contributed by atoms with E-state index in [1.165, 1.54) is 6.42 Å². The van der Waals surface area contributed by atoms with Crippen molar-refractivity contribution >= 4 is 0 Å². The fourth-order valence-electron chi connectivity index (χ4n) is 1.16. The van der Waals surface area contributed by atoms with Crippen LogP contribution in [0.4, 0.5) is 0 Å². The minimum atomic E-state index is 0.0428. The smallest absolute Gasteiger partial charge is 0.0627 e. The van der Waals surface area contributed by atoms with Crippen molar-refractivity contribution in [3.63, 3.8) is 0 Å². The Morgan fingerprint density at radius 1 is 1.31 bits per heavy atom. The third kappa shape index (κ3) is 8.26. The lowest BCUT2D eigenvalue weighted by atomic mass is 10.0. The van der Waals surface area contributed by atoms with Crippen LogP contribution < -0.4 is 5.32 Å². The summed E-state index contributed by atoms with van der Waals surface area (Å²) in [6.45, 7) is 10.7. The topological polar surface area (TPSA) is 21.3 Å². The molecule has 0 aliphatic rings. The normalized spacial score (nSPS) is 12.5. The highest BCUT2D eigenvalue weighted by Gasteiger charge is 2.17. The SMILES string of the molecule is CNCCCC(C)(C)OCC(C)C. The van der Waals surface area contributed by atoms with Crippen molar-refractivity contribution in [2.75, 3.05) is 20.2 Å². The van der Waals surface area contributed by atoms with E-state index in [0.29, 0.717) is 5.92 Å². The lowest BCUT2D eigenvalue weighted by Gasteiger charge is -2.26. The molecular weight excluding hydrogens is 162 g/mol. The summed E-state index contributed by atoms with van der Waals surface area (Å²) < 4.78 is 5.81. The first-order valence-electron chi connectivity index (χ1n) is 5.26. The first-order valence-corrected chi connectivity index (χ1v) is 5.26. The second-order valence-corrected chi connectivity index (χ2v) is 4.67. The summed E-state index contributed by atoms with van der Waals surface area (Å²) >= 11 is 0. The Morgan fingerprint density at radius 2 is 1.92 bits per heavy atom. The maximum atomic E-state index is 5.81. The lowest BCUT2D eigenvalue weighted by molar-refractivity contribution is -0.0368. The van der Waals surface area contributed by atoms with Gasteiger partial charge in [-0.05, 0) is 46.2 Å². The van der Waals surface area contributed by atoms with Gasteiger partial charge in [0.15, 0.2) is 0 Å². The summed E-state index contributed by atoms with van der Waals surface area (Å²) in [7, 11) is 1.99. The van der Waals surface area contributed by atoms with Gasteiger partial charge < -0.3 is 10.1 Å². The van der Waals surface area contributed by atoms with Crippen LogP contribution in [0.1, 0.15) is 40.5 Å². The highest BCUT2D eigenvalue weighted by atomic mass is 16.5. The molecule has 0 bridgehead atoms. The predicted octanol–water partition coefficient (Wildman–Crippen LogP) is 2.44. The number of nitrogens with one attached hydrogen (secondary N) is 1. The monoisotopic (exact) mass is 187 g/mol. The number of rotatable bonds is 7. The van der Waals surface area contributed by atoms with Gasteiger partial charge in [-0.15, -0.1) is 0 Å². The van der Waals surface area contributed by atoms with Gasteiger partial charge in [0, 0.05) is 6.61 Å². The molecule has 1 N–H and O–H groups in total. The molecule has 0 aromatic carbocycles. The van der Waals surface area contributed by atoms with Crippen molar-refractivity contribution < 1.29 is 4.74 Å². The molecule has 0 saturated carbocycles. The van der Waals surface area contributed by atoms with Crippen LogP contribution in [0.3, 0.4) is 0 Å². The molecule has 0 atom stereocenters. The lowest BCUT2D eigenvalue weighted by Crippen LogP contribution is -2.27. The van der Waals surface area contributed by atoms with E-state index in [-0.39, 0.29) is 5.60 Å². The Hall–Kier alpha value is -0.0800. The van der Waals surface area contributed by atoms with Gasteiger partial charge in [0.05, 0.1) is 5.60 Å². The minimum absolute atomic E-state index is 0.0428. The second kappa shape index (κ2) is 6.39. The average Bonchev–Trinajstić information content (AvgIpc) is 2.02. The molecule has 0 spiro atoms. The van der Waals surface area contributed by atoms with Crippen LogP contribution in [0.15, 0.2) is 0 Å². The van der Waals surface area contributed by atoms with Gasteiger partial charge in [-0.3, -0.25) is 0 Å². The second-order valence-electron chi connectivity index (χ2n) is 4.67. The van der Waals surface area contributed by atoms with Crippen LogP contribution >= 0.6 is 0 Å². The molecule has 2 heteroatoms. The summed E-state index contributed by atoms with van der Waals surface area (Å²) in [5, 5.41) is 3.15. The van der Waals surface area contributed by atoms with E-state index >= 15 is 0 Å². The molecule has 0 unspecified atom stereocenters. The maximum Gasteiger partial charge on any atom is 0.0627 e. The first-order chi connectivity index (χ1) is 5.98. The summed E-state index contributed by atoms with van der Waals surface area (Å²) in [5.41, 5.74) is 0.0428. The Bertz CT molecular complexity index is 121. The molecule has 0 aromatic rings. The Balaban J connectivity index is 3.54. The van der Waals surface area contributed by atoms with Crippen LogP contribution in [-0.2, 0) is 4.74 Å². The van der Waals surface area contributed by atoms with Crippen molar-refractivity contribution in [2.45, 2.75) is 46.1 Å². The van der Waals surface area contributed by atoms with Crippen molar-refractivity contribution in [3.05, 3.63) is 0 Å². The quantitative estimate of drug-likeness (QED) is 0.618.